The lowest BCUT2D eigenvalue weighted by atomic mass is 9.91. The number of ether oxygens (including phenoxy) is 1. The van der Waals surface area contributed by atoms with Gasteiger partial charge in [-0.15, -0.1) is 0 Å². The SMILES string of the molecule is CCc1ccc(C(Cc2cc(Cl)cc(OC)c2O)C(=O)O)cc1. The summed E-state index contributed by atoms with van der Waals surface area (Å²) in [5, 5.41) is 20.1. The summed E-state index contributed by atoms with van der Waals surface area (Å²) >= 11 is 6.01. The van der Waals surface area contributed by atoms with E-state index in [1.165, 1.54) is 13.2 Å². The molecule has 0 aliphatic carbocycles. The van der Waals surface area contributed by atoms with E-state index in [1.807, 2.05) is 31.2 Å². The minimum atomic E-state index is -0.951. The average molecular weight is 335 g/mol. The van der Waals surface area contributed by atoms with Crippen LogP contribution in [0.5, 0.6) is 11.5 Å². The summed E-state index contributed by atoms with van der Waals surface area (Å²) < 4.78 is 5.06. The van der Waals surface area contributed by atoms with E-state index in [0.29, 0.717) is 16.1 Å². The molecule has 0 aromatic heterocycles. The molecule has 2 aromatic carbocycles. The molecule has 2 aromatic rings. The largest absolute Gasteiger partial charge is 0.504 e. The molecule has 0 heterocycles. The highest BCUT2D eigenvalue weighted by molar-refractivity contribution is 6.30. The fraction of sp³-hybridized carbons (Fsp3) is 0.278. The predicted molar refractivity (Wildman–Crippen MR) is 89.6 cm³/mol. The molecule has 2 N–H and O–H groups in total. The van der Waals surface area contributed by atoms with Crippen molar-refractivity contribution in [3.8, 4) is 11.5 Å². The van der Waals surface area contributed by atoms with Gasteiger partial charge in [-0.1, -0.05) is 42.8 Å². The minimum absolute atomic E-state index is 0.0756. The van der Waals surface area contributed by atoms with Gasteiger partial charge in [0.1, 0.15) is 0 Å². The van der Waals surface area contributed by atoms with Crippen LogP contribution in [0.1, 0.15) is 29.5 Å². The molecule has 0 aliphatic heterocycles. The fourth-order valence-corrected chi connectivity index (χ4v) is 2.72. The van der Waals surface area contributed by atoms with Gasteiger partial charge in [0.05, 0.1) is 13.0 Å². The van der Waals surface area contributed by atoms with Crippen molar-refractivity contribution in [1.82, 2.24) is 0 Å². The smallest absolute Gasteiger partial charge is 0.311 e. The molecule has 2 rings (SSSR count). The summed E-state index contributed by atoms with van der Waals surface area (Å²) in [5.41, 5.74) is 2.28. The molecular weight excluding hydrogens is 316 g/mol. The van der Waals surface area contributed by atoms with Gasteiger partial charge in [0, 0.05) is 16.7 Å². The number of carbonyl (C=O) groups is 1. The number of aromatic hydroxyl groups is 1. The lowest BCUT2D eigenvalue weighted by Gasteiger charge is -2.16. The summed E-state index contributed by atoms with van der Waals surface area (Å²) in [7, 11) is 1.42. The molecular formula is C18H19ClO4. The highest BCUT2D eigenvalue weighted by Gasteiger charge is 2.23. The van der Waals surface area contributed by atoms with E-state index >= 15 is 0 Å². The Morgan fingerprint density at radius 2 is 1.91 bits per heavy atom. The van der Waals surface area contributed by atoms with Crippen LogP contribution in [0.3, 0.4) is 0 Å². The van der Waals surface area contributed by atoms with Gasteiger partial charge in [0.15, 0.2) is 11.5 Å². The number of benzene rings is 2. The van der Waals surface area contributed by atoms with Crippen LogP contribution in [0.2, 0.25) is 5.02 Å². The van der Waals surface area contributed by atoms with Crippen LogP contribution in [-0.4, -0.2) is 23.3 Å². The zero-order valence-electron chi connectivity index (χ0n) is 13.0. The van der Waals surface area contributed by atoms with Gasteiger partial charge in [-0.2, -0.15) is 0 Å². The quantitative estimate of drug-likeness (QED) is 0.837. The number of hydrogen-bond acceptors (Lipinski definition) is 3. The Balaban J connectivity index is 2.36. The second-order valence-electron chi connectivity index (χ2n) is 5.31. The number of hydrogen-bond donors (Lipinski definition) is 2. The molecule has 1 atom stereocenters. The van der Waals surface area contributed by atoms with Crippen LogP contribution in [0.15, 0.2) is 36.4 Å². The Kier molecular flexibility index (Phi) is 5.50. The third-order valence-electron chi connectivity index (χ3n) is 3.85. The third-order valence-corrected chi connectivity index (χ3v) is 4.07. The summed E-state index contributed by atoms with van der Waals surface area (Å²) in [4.78, 5) is 11.7. The van der Waals surface area contributed by atoms with E-state index in [-0.39, 0.29) is 17.9 Å². The number of aryl methyl sites for hydroxylation is 1. The Bertz CT molecular complexity index is 695. The van der Waals surface area contributed by atoms with Gasteiger partial charge in [-0.05, 0) is 30.0 Å². The molecule has 0 fully saturated rings. The van der Waals surface area contributed by atoms with Crippen LogP contribution < -0.4 is 4.74 Å². The monoisotopic (exact) mass is 334 g/mol. The standard InChI is InChI=1S/C18H19ClO4/c1-3-11-4-6-12(7-5-11)15(18(21)22)9-13-8-14(19)10-16(23-2)17(13)20/h4-8,10,15,20H,3,9H2,1-2H3,(H,21,22). The van der Waals surface area contributed by atoms with E-state index in [1.54, 1.807) is 6.07 Å². The second-order valence-corrected chi connectivity index (χ2v) is 5.74. The first-order valence-corrected chi connectivity index (χ1v) is 7.71. The number of aliphatic carboxylic acids is 1. The minimum Gasteiger partial charge on any atom is -0.504 e. The maximum atomic E-state index is 11.7. The van der Waals surface area contributed by atoms with Gasteiger partial charge in [-0.25, -0.2) is 0 Å². The van der Waals surface area contributed by atoms with Crippen molar-refractivity contribution in [2.45, 2.75) is 25.7 Å². The maximum Gasteiger partial charge on any atom is 0.311 e. The predicted octanol–water partition coefficient (Wildman–Crippen LogP) is 4.03. The average Bonchev–Trinajstić information content (AvgIpc) is 2.55. The van der Waals surface area contributed by atoms with Crippen molar-refractivity contribution in [3.63, 3.8) is 0 Å². The number of carboxylic acid groups (broad SMARTS) is 1. The van der Waals surface area contributed by atoms with Crippen LogP contribution in [0.25, 0.3) is 0 Å². The molecule has 1 unspecified atom stereocenters. The number of phenolic OH excluding ortho intramolecular Hbond substituents is 1. The molecule has 0 aliphatic rings. The number of rotatable bonds is 6. The molecule has 23 heavy (non-hydrogen) atoms. The Labute approximate surface area is 140 Å². The number of methoxy groups -OCH3 is 1. The van der Waals surface area contributed by atoms with E-state index in [2.05, 4.69) is 0 Å². The van der Waals surface area contributed by atoms with Gasteiger partial charge < -0.3 is 14.9 Å². The topological polar surface area (TPSA) is 66.8 Å². The van der Waals surface area contributed by atoms with Crippen LogP contribution in [-0.2, 0) is 17.6 Å². The fourth-order valence-electron chi connectivity index (χ4n) is 2.49. The molecule has 0 amide bonds. The van der Waals surface area contributed by atoms with E-state index < -0.39 is 11.9 Å². The first-order valence-electron chi connectivity index (χ1n) is 7.33. The third kappa shape index (κ3) is 3.96. The lowest BCUT2D eigenvalue weighted by molar-refractivity contribution is -0.138. The Morgan fingerprint density at radius 1 is 1.26 bits per heavy atom. The van der Waals surface area contributed by atoms with Crippen LogP contribution in [0, 0.1) is 0 Å². The van der Waals surface area contributed by atoms with Crippen molar-refractivity contribution in [3.05, 3.63) is 58.1 Å². The Morgan fingerprint density at radius 3 is 2.43 bits per heavy atom. The van der Waals surface area contributed by atoms with E-state index in [9.17, 15) is 15.0 Å². The van der Waals surface area contributed by atoms with Gasteiger partial charge in [-0.3, -0.25) is 4.79 Å². The lowest BCUT2D eigenvalue weighted by Crippen LogP contribution is -2.14. The summed E-state index contributed by atoms with van der Waals surface area (Å²) in [6.07, 6.45) is 1.02. The molecule has 0 spiro atoms. The number of carboxylic acids is 1. The summed E-state index contributed by atoms with van der Waals surface area (Å²) in [6, 6.07) is 10.5. The second kappa shape index (κ2) is 7.38. The van der Waals surface area contributed by atoms with Crippen LogP contribution >= 0.6 is 11.6 Å². The highest BCUT2D eigenvalue weighted by Crippen LogP contribution is 2.36. The number of phenols is 1. The molecule has 0 bridgehead atoms. The van der Waals surface area contributed by atoms with Crippen molar-refractivity contribution in [1.29, 1.82) is 0 Å². The molecule has 5 heteroatoms. The molecule has 4 nitrogen and oxygen atoms in total. The van der Waals surface area contributed by atoms with Gasteiger partial charge >= 0.3 is 5.97 Å². The molecule has 0 saturated heterocycles. The van der Waals surface area contributed by atoms with E-state index in [4.69, 9.17) is 16.3 Å². The number of halogens is 1. The molecule has 0 radical (unpaired) electrons. The highest BCUT2D eigenvalue weighted by atomic mass is 35.5. The van der Waals surface area contributed by atoms with Crippen molar-refractivity contribution >= 4 is 17.6 Å². The van der Waals surface area contributed by atoms with Gasteiger partial charge in [0.2, 0.25) is 0 Å². The first-order chi connectivity index (χ1) is 11.0. The van der Waals surface area contributed by atoms with Crippen molar-refractivity contribution in [2.24, 2.45) is 0 Å². The maximum absolute atomic E-state index is 11.7. The normalized spacial score (nSPS) is 12.0. The van der Waals surface area contributed by atoms with Crippen molar-refractivity contribution < 1.29 is 19.7 Å². The summed E-state index contributed by atoms with van der Waals surface area (Å²) in [6.45, 7) is 2.04. The van der Waals surface area contributed by atoms with E-state index in [0.717, 1.165) is 12.0 Å². The van der Waals surface area contributed by atoms with Crippen molar-refractivity contribution in [2.75, 3.05) is 7.11 Å². The van der Waals surface area contributed by atoms with Crippen LogP contribution in [0.4, 0.5) is 0 Å². The van der Waals surface area contributed by atoms with Gasteiger partial charge in [0.25, 0.3) is 0 Å². The zero-order valence-corrected chi connectivity index (χ0v) is 13.8. The summed E-state index contributed by atoms with van der Waals surface area (Å²) in [5.74, 6) is -1.56. The Hall–Kier alpha value is -2.20. The molecule has 122 valence electrons. The zero-order chi connectivity index (χ0) is 17.0. The first kappa shape index (κ1) is 17.2. The molecule has 0 saturated carbocycles.